The van der Waals surface area contributed by atoms with E-state index >= 15 is 0 Å². The zero-order valence-electron chi connectivity index (χ0n) is 14.1. The second kappa shape index (κ2) is 7.22. The Hall–Kier alpha value is -1.78. The highest BCUT2D eigenvalue weighted by Gasteiger charge is 2.36. The van der Waals surface area contributed by atoms with Crippen LogP contribution in [0.4, 0.5) is 0 Å². The van der Waals surface area contributed by atoms with Gasteiger partial charge >= 0.3 is 0 Å². The van der Waals surface area contributed by atoms with Crippen molar-refractivity contribution in [1.82, 2.24) is 19.3 Å². The van der Waals surface area contributed by atoms with E-state index in [-0.39, 0.29) is 11.9 Å². The summed E-state index contributed by atoms with van der Waals surface area (Å²) in [5.74, 6) is 0.948. The van der Waals surface area contributed by atoms with Crippen LogP contribution in [-0.4, -0.2) is 59.3 Å². The molecule has 0 radical (unpaired) electrons. The van der Waals surface area contributed by atoms with E-state index in [1.165, 1.54) is 22.6 Å². The molecule has 1 unspecified atom stereocenters. The fourth-order valence-corrected chi connectivity index (χ4v) is 5.62. The normalized spacial score (nSPS) is 18.6. The predicted octanol–water partition coefficient (Wildman–Crippen LogP) is 1.29. The molecule has 2 aromatic rings. The number of hydrogen-bond acceptors (Lipinski definition) is 7. The average molecular weight is 384 g/mol. The molecular weight excluding hydrogens is 364 g/mol. The van der Waals surface area contributed by atoms with Gasteiger partial charge in [0, 0.05) is 45.9 Å². The Morgan fingerprint density at radius 3 is 2.92 bits per heavy atom. The molecule has 0 N–H and O–H groups in total. The molecule has 0 aromatic carbocycles. The maximum Gasteiger partial charge on any atom is 0.252 e. The number of hydrogen-bond donors (Lipinski definition) is 0. The van der Waals surface area contributed by atoms with E-state index in [1.54, 1.807) is 29.3 Å². The van der Waals surface area contributed by atoms with Crippen LogP contribution in [0.5, 0.6) is 0 Å². The van der Waals surface area contributed by atoms with Crippen molar-refractivity contribution in [3.05, 3.63) is 29.2 Å². The van der Waals surface area contributed by atoms with E-state index in [9.17, 15) is 13.2 Å². The Balaban J connectivity index is 1.66. The number of rotatable bonds is 6. The van der Waals surface area contributed by atoms with Gasteiger partial charge in [0.25, 0.3) is 10.0 Å². The zero-order chi connectivity index (χ0) is 18.0. The van der Waals surface area contributed by atoms with Crippen molar-refractivity contribution in [2.75, 3.05) is 19.6 Å². The lowest BCUT2D eigenvalue weighted by Crippen LogP contribution is -2.42. The molecule has 2 aromatic heterocycles. The van der Waals surface area contributed by atoms with Crippen molar-refractivity contribution < 1.29 is 17.7 Å². The van der Waals surface area contributed by atoms with E-state index in [0.717, 1.165) is 0 Å². The third-order valence-corrected chi connectivity index (χ3v) is 7.44. The lowest BCUT2D eigenvalue weighted by atomic mass is 10.2. The van der Waals surface area contributed by atoms with Crippen LogP contribution in [0.1, 0.15) is 25.1 Å². The summed E-state index contributed by atoms with van der Waals surface area (Å²) in [6.07, 6.45) is 1.10. The molecule has 0 bridgehead atoms. The van der Waals surface area contributed by atoms with E-state index < -0.39 is 10.0 Å². The van der Waals surface area contributed by atoms with Gasteiger partial charge in [-0.1, -0.05) is 11.2 Å². The molecule has 1 aliphatic rings. The Labute approximate surface area is 150 Å². The molecule has 1 aliphatic heterocycles. The number of thiophene rings is 1. The van der Waals surface area contributed by atoms with Gasteiger partial charge < -0.3 is 9.42 Å². The van der Waals surface area contributed by atoms with Crippen molar-refractivity contribution >= 4 is 27.3 Å². The molecule has 136 valence electrons. The van der Waals surface area contributed by atoms with Gasteiger partial charge in [-0.3, -0.25) is 4.79 Å². The minimum atomic E-state index is -3.48. The Bertz CT molecular complexity index is 832. The summed E-state index contributed by atoms with van der Waals surface area (Å²) >= 11 is 1.21. The summed E-state index contributed by atoms with van der Waals surface area (Å²) in [4.78, 5) is 17.9. The van der Waals surface area contributed by atoms with Gasteiger partial charge in [0.1, 0.15) is 4.21 Å². The lowest BCUT2D eigenvalue weighted by Gasteiger charge is -2.27. The first-order chi connectivity index (χ1) is 11.9. The molecule has 1 fully saturated rings. The first-order valence-corrected chi connectivity index (χ1v) is 10.3. The van der Waals surface area contributed by atoms with Crippen LogP contribution >= 0.6 is 11.3 Å². The summed E-state index contributed by atoms with van der Waals surface area (Å²) in [7, 11) is -3.48. The Kier molecular flexibility index (Phi) is 5.21. The minimum absolute atomic E-state index is 0.0828. The van der Waals surface area contributed by atoms with Gasteiger partial charge in [0.2, 0.25) is 11.8 Å². The molecule has 3 rings (SSSR count). The maximum absolute atomic E-state index is 12.6. The number of aromatic nitrogens is 2. The molecule has 3 heterocycles. The predicted molar refractivity (Wildman–Crippen MR) is 91.6 cm³/mol. The SMILES string of the molecule is CC(=O)N(CCc1noc(C)n1)C1CCN(S(=O)(=O)c2cccs2)C1. The molecule has 1 amide bonds. The zero-order valence-corrected chi connectivity index (χ0v) is 15.7. The summed E-state index contributed by atoms with van der Waals surface area (Å²) < 4.78 is 32.0. The summed E-state index contributed by atoms with van der Waals surface area (Å²) in [6, 6.07) is 3.19. The number of carbonyl (C=O) groups is 1. The molecule has 0 saturated carbocycles. The maximum atomic E-state index is 12.6. The molecule has 8 nitrogen and oxygen atoms in total. The summed E-state index contributed by atoms with van der Waals surface area (Å²) in [6.45, 7) is 4.37. The lowest BCUT2D eigenvalue weighted by molar-refractivity contribution is -0.130. The number of sulfonamides is 1. The topological polar surface area (TPSA) is 96.6 Å². The Morgan fingerprint density at radius 2 is 2.32 bits per heavy atom. The van der Waals surface area contributed by atoms with Crippen molar-refractivity contribution in [1.29, 1.82) is 0 Å². The first-order valence-electron chi connectivity index (χ1n) is 7.98. The van der Waals surface area contributed by atoms with Crippen molar-refractivity contribution in [2.24, 2.45) is 0 Å². The first kappa shape index (κ1) is 18.0. The number of amides is 1. The molecule has 0 aliphatic carbocycles. The average Bonchev–Trinajstić information content (AvgIpc) is 3.28. The number of aryl methyl sites for hydroxylation is 1. The summed E-state index contributed by atoms with van der Waals surface area (Å²) in [5, 5.41) is 5.58. The molecular formula is C15H20N4O4S2. The fourth-order valence-electron chi connectivity index (χ4n) is 2.98. The largest absolute Gasteiger partial charge is 0.340 e. The van der Waals surface area contributed by atoms with Crippen molar-refractivity contribution in [3.8, 4) is 0 Å². The minimum Gasteiger partial charge on any atom is -0.340 e. The van der Waals surface area contributed by atoms with Crippen LogP contribution in [0.3, 0.4) is 0 Å². The smallest absolute Gasteiger partial charge is 0.252 e. The Morgan fingerprint density at radius 1 is 1.52 bits per heavy atom. The molecule has 1 atom stereocenters. The van der Waals surface area contributed by atoms with Gasteiger partial charge in [-0.15, -0.1) is 11.3 Å². The van der Waals surface area contributed by atoms with Crippen LogP contribution in [0, 0.1) is 6.92 Å². The monoisotopic (exact) mass is 384 g/mol. The van der Waals surface area contributed by atoms with Crippen LogP contribution in [0.25, 0.3) is 0 Å². The van der Waals surface area contributed by atoms with Gasteiger partial charge in [-0.05, 0) is 17.9 Å². The number of carbonyl (C=O) groups excluding carboxylic acids is 1. The molecule has 0 spiro atoms. The highest BCUT2D eigenvalue weighted by molar-refractivity contribution is 7.91. The second-order valence-corrected chi connectivity index (χ2v) is 9.04. The van der Waals surface area contributed by atoms with Gasteiger partial charge in [0.05, 0.1) is 0 Å². The van der Waals surface area contributed by atoms with Gasteiger partial charge in [-0.2, -0.15) is 9.29 Å². The van der Waals surface area contributed by atoms with Crippen LogP contribution < -0.4 is 0 Å². The molecule has 1 saturated heterocycles. The van der Waals surface area contributed by atoms with E-state index in [4.69, 9.17) is 4.52 Å². The summed E-state index contributed by atoms with van der Waals surface area (Å²) in [5.41, 5.74) is 0. The third-order valence-electron chi connectivity index (χ3n) is 4.21. The van der Waals surface area contributed by atoms with Crippen molar-refractivity contribution in [3.63, 3.8) is 0 Å². The highest BCUT2D eigenvalue weighted by atomic mass is 32.2. The van der Waals surface area contributed by atoms with Crippen LogP contribution in [0.15, 0.2) is 26.2 Å². The molecule has 25 heavy (non-hydrogen) atoms. The standard InChI is InChI=1S/C15H20N4O4S2/c1-11-16-14(17-23-11)6-8-19(12(2)20)13-5-7-18(10-13)25(21,22)15-4-3-9-24-15/h3-4,9,13H,5-8,10H2,1-2H3. The van der Waals surface area contributed by atoms with Gasteiger partial charge in [0.15, 0.2) is 5.82 Å². The van der Waals surface area contributed by atoms with E-state index in [1.807, 2.05) is 0 Å². The number of nitrogens with zero attached hydrogens (tertiary/aromatic N) is 4. The third kappa shape index (κ3) is 3.91. The quantitative estimate of drug-likeness (QED) is 0.745. The second-order valence-electron chi connectivity index (χ2n) is 5.93. The van der Waals surface area contributed by atoms with Crippen LogP contribution in [-0.2, 0) is 21.2 Å². The van der Waals surface area contributed by atoms with Gasteiger partial charge in [-0.25, -0.2) is 8.42 Å². The fraction of sp³-hybridized carbons (Fsp3) is 0.533. The van der Waals surface area contributed by atoms with Crippen LogP contribution in [0.2, 0.25) is 0 Å². The van der Waals surface area contributed by atoms with E-state index in [0.29, 0.717) is 48.4 Å². The highest BCUT2D eigenvalue weighted by Crippen LogP contribution is 2.26. The van der Waals surface area contributed by atoms with Crippen molar-refractivity contribution in [2.45, 2.75) is 36.9 Å². The molecule has 10 heteroatoms. The van der Waals surface area contributed by atoms with E-state index in [2.05, 4.69) is 10.1 Å².